The summed E-state index contributed by atoms with van der Waals surface area (Å²) < 4.78 is 51.1. The van der Waals surface area contributed by atoms with E-state index in [1.165, 1.54) is 19.2 Å². The van der Waals surface area contributed by atoms with Crippen LogP contribution in [0.3, 0.4) is 0 Å². The molecular weight excluding hydrogens is 421 g/mol. The lowest BCUT2D eigenvalue weighted by molar-refractivity contribution is -0.137. The van der Waals surface area contributed by atoms with Crippen LogP contribution in [-0.4, -0.2) is 30.4 Å². The van der Waals surface area contributed by atoms with Crippen LogP contribution in [0.4, 0.5) is 18.9 Å². The lowest BCUT2D eigenvalue weighted by Crippen LogP contribution is -2.21. The van der Waals surface area contributed by atoms with Crippen molar-refractivity contribution < 1.29 is 27.8 Å². The molecule has 0 amide bonds. The zero-order valence-corrected chi connectivity index (χ0v) is 17.4. The number of rotatable bonds is 6. The van der Waals surface area contributed by atoms with Crippen molar-refractivity contribution >= 4 is 5.69 Å². The summed E-state index contributed by atoms with van der Waals surface area (Å²) in [5.74, 6) is 0.666. The lowest BCUT2D eigenvalue weighted by Gasteiger charge is -2.27. The standard InChI is InChI=1S/C24H23F3N2O3/c1-31-23(30)19-8-10-28-14-21(19)29-13-16-9-11-32-22-12-15(6-7-18(16)22)17-4-2-3-5-20(17)24(25,26)27/h2-8,10,12,14,16,23,29-30H,9,11,13H2,1H3/t16-,23?/m0/s1. The number of pyridine rings is 1. The number of nitrogens with zero attached hydrogens (tertiary/aromatic N) is 1. The number of aromatic nitrogens is 1. The predicted octanol–water partition coefficient (Wildman–Crippen LogP) is 5.38. The van der Waals surface area contributed by atoms with Gasteiger partial charge in [-0.2, -0.15) is 13.2 Å². The van der Waals surface area contributed by atoms with E-state index in [2.05, 4.69) is 10.3 Å². The van der Waals surface area contributed by atoms with Crippen LogP contribution in [0.2, 0.25) is 0 Å². The van der Waals surface area contributed by atoms with Gasteiger partial charge in [0.2, 0.25) is 0 Å². The minimum absolute atomic E-state index is 0.0819. The number of fused-ring (bicyclic) bond motifs is 1. The van der Waals surface area contributed by atoms with Crippen LogP contribution in [-0.2, 0) is 10.9 Å². The molecule has 8 heteroatoms. The van der Waals surface area contributed by atoms with Gasteiger partial charge in [0.1, 0.15) is 5.75 Å². The van der Waals surface area contributed by atoms with Gasteiger partial charge in [-0.3, -0.25) is 4.98 Å². The van der Waals surface area contributed by atoms with Gasteiger partial charge >= 0.3 is 6.18 Å². The van der Waals surface area contributed by atoms with Crippen LogP contribution in [0.25, 0.3) is 11.1 Å². The quantitative estimate of drug-likeness (QED) is 0.500. The number of halogens is 3. The average Bonchev–Trinajstić information content (AvgIpc) is 2.81. The van der Waals surface area contributed by atoms with E-state index >= 15 is 0 Å². The predicted molar refractivity (Wildman–Crippen MR) is 114 cm³/mol. The molecule has 5 nitrogen and oxygen atoms in total. The molecule has 0 spiro atoms. The molecule has 1 unspecified atom stereocenters. The van der Waals surface area contributed by atoms with Crippen molar-refractivity contribution in [2.45, 2.75) is 24.8 Å². The average molecular weight is 444 g/mol. The second kappa shape index (κ2) is 9.18. The number of ether oxygens (including phenoxy) is 2. The maximum Gasteiger partial charge on any atom is 0.417 e. The number of alkyl halides is 3. The summed E-state index contributed by atoms with van der Waals surface area (Å²) in [5, 5.41) is 13.3. The van der Waals surface area contributed by atoms with E-state index in [-0.39, 0.29) is 11.5 Å². The van der Waals surface area contributed by atoms with Gasteiger partial charge in [-0.05, 0) is 41.3 Å². The van der Waals surface area contributed by atoms with Gasteiger partial charge < -0.3 is 19.9 Å². The van der Waals surface area contributed by atoms with Gasteiger partial charge in [0.25, 0.3) is 0 Å². The van der Waals surface area contributed by atoms with E-state index in [1.54, 1.807) is 36.7 Å². The van der Waals surface area contributed by atoms with E-state index in [1.807, 2.05) is 6.07 Å². The Balaban J connectivity index is 1.58. The fraction of sp³-hybridized carbons (Fsp3) is 0.292. The third-order valence-electron chi connectivity index (χ3n) is 5.60. The Morgan fingerprint density at radius 2 is 2.03 bits per heavy atom. The number of hydrogen-bond donors (Lipinski definition) is 2. The van der Waals surface area contributed by atoms with Crippen molar-refractivity contribution in [3.05, 3.63) is 77.6 Å². The van der Waals surface area contributed by atoms with Crippen LogP contribution in [0, 0.1) is 0 Å². The van der Waals surface area contributed by atoms with E-state index in [9.17, 15) is 18.3 Å². The monoisotopic (exact) mass is 444 g/mol. The Kier molecular flexibility index (Phi) is 6.34. The van der Waals surface area contributed by atoms with Gasteiger partial charge in [0, 0.05) is 31.3 Å². The molecule has 2 aromatic carbocycles. The maximum absolute atomic E-state index is 13.4. The molecule has 0 saturated heterocycles. The highest BCUT2D eigenvalue weighted by molar-refractivity contribution is 5.70. The molecule has 0 radical (unpaired) electrons. The molecule has 32 heavy (non-hydrogen) atoms. The summed E-state index contributed by atoms with van der Waals surface area (Å²) in [6, 6.07) is 12.4. The van der Waals surface area contributed by atoms with Crippen molar-refractivity contribution in [1.29, 1.82) is 0 Å². The van der Waals surface area contributed by atoms with Crippen molar-refractivity contribution in [2.75, 3.05) is 25.6 Å². The number of benzene rings is 2. The molecule has 2 heterocycles. The van der Waals surface area contributed by atoms with E-state index in [4.69, 9.17) is 9.47 Å². The first-order valence-corrected chi connectivity index (χ1v) is 10.2. The second-order valence-corrected chi connectivity index (χ2v) is 7.56. The molecule has 0 saturated carbocycles. The molecular formula is C24H23F3N2O3. The van der Waals surface area contributed by atoms with Gasteiger partial charge in [-0.1, -0.05) is 30.3 Å². The number of nitrogens with one attached hydrogen (secondary N) is 1. The number of methoxy groups -OCH3 is 1. The molecule has 2 N–H and O–H groups in total. The Hall–Kier alpha value is -3.10. The zero-order chi connectivity index (χ0) is 22.7. The summed E-state index contributed by atoms with van der Waals surface area (Å²) in [6.07, 6.45) is -1.56. The molecule has 0 fully saturated rings. The zero-order valence-electron chi connectivity index (χ0n) is 17.4. The molecule has 4 rings (SSSR count). The van der Waals surface area contributed by atoms with Gasteiger partial charge in [0.15, 0.2) is 6.29 Å². The highest BCUT2D eigenvalue weighted by Gasteiger charge is 2.33. The largest absolute Gasteiger partial charge is 0.493 e. The summed E-state index contributed by atoms with van der Waals surface area (Å²) in [7, 11) is 1.41. The molecule has 1 aromatic heterocycles. The van der Waals surface area contributed by atoms with Crippen LogP contribution in [0.15, 0.2) is 60.9 Å². The smallest absolute Gasteiger partial charge is 0.417 e. The fourth-order valence-corrected chi connectivity index (χ4v) is 3.95. The summed E-state index contributed by atoms with van der Waals surface area (Å²) in [6.45, 7) is 1.01. The first-order valence-electron chi connectivity index (χ1n) is 10.2. The maximum atomic E-state index is 13.4. The Morgan fingerprint density at radius 1 is 1.22 bits per heavy atom. The SMILES string of the molecule is COC(O)c1ccncc1NC[C@@H]1CCOc2cc(-c3ccccc3C(F)(F)F)ccc21. The first-order chi connectivity index (χ1) is 15.4. The van der Waals surface area contributed by atoms with Crippen molar-refractivity contribution in [2.24, 2.45) is 0 Å². The Labute approximate surface area is 183 Å². The molecule has 0 bridgehead atoms. The highest BCUT2D eigenvalue weighted by Crippen LogP contribution is 2.41. The van der Waals surface area contributed by atoms with Crippen molar-refractivity contribution in [1.82, 2.24) is 4.98 Å². The fourth-order valence-electron chi connectivity index (χ4n) is 3.95. The third kappa shape index (κ3) is 4.56. The van der Waals surface area contributed by atoms with Gasteiger partial charge in [-0.25, -0.2) is 0 Å². The normalized spacial score (nSPS) is 16.7. The number of aliphatic hydroxyl groups excluding tert-OH is 1. The minimum atomic E-state index is -4.44. The molecule has 2 atom stereocenters. The van der Waals surface area contributed by atoms with E-state index in [0.29, 0.717) is 35.7 Å². The molecule has 3 aromatic rings. The number of aliphatic hydroxyl groups is 1. The lowest BCUT2D eigenvalue weighted by atomic mass is 9.90. The molecule has 168 valence electrons. The van der Waals surface area contributed by atoms with Crippen LogP contribution < -0.4 is 10.1 Å². The van der Waals surface area contributed by atoms with Crippen LogP contribution in [0.1, 0.15) is 35.3 Å². The second-order valence-electron chi connectivity index (χ2n) is 7.56. The molecule has 1 aliphatic heterocycles. The van der Waals surface area contributed by atoms with Gasteiger partial charge in [0.05, 0.1) is 24.1 Å². The summed E-state index contributed by atoms with van der Waals surface area (Å²) >= 11 is 0. The Bertz CT molecular complexity index is 1090. The topological polar surface area (TPSA) is 63.6 Å². The number of anilines is 1. The summed E-state index contributed by atoms with van der Waals surface area (Å²) in [4.78, 5) is 4.10. The molecule has 0 aliphatic carbocycles. The molecule has 1 aliphatic rings. The number of hydrogen-bond acceptors (Lipinski definition) is 5. The van der Waals surface area contributed by atoms with E-state index < -0.39 is 18.0 Å². The van der Waals surface area contributed by atoms with Gasteiger partial charge in [-0.15, -0.1) is 0 Å². The highest BCUT2D eigenvalue weighted by atomic mass is 19.4. The first kappa shape index (κ1) is 22.1. The Morgan fingerprint density at radius 3 is 2.81 bits per heavy atom. The van der Waals surface area contributed by atoms with Crippen LogP contribution >= 0.6 is 0 Å². The summed E-state index contributed by atoms with van der Waals surface area (Å²) in [5.41, 5.74) is 2.08. The van der Waals surface area contributed by atoms with Crippen molar-refractivity contribution in [3.63, 3.8) is 0 Å². The van der Waals surface area contributed by atoms with E-state index in [0.717, 1.165) is 18.1 Å². The minimum Gasteiger partial charge on any atom is -0.493 e. The van der Waals surface area contributed by atoms with Crippen molar-refractivity contribution in [3.8, 4) is 16.9 Å². The van der Waals surface area contributed by atoms with Crippen LogP contribution in [0.5, 0.6) is 5.75 Å². The third-order valence-corrected chi connectivity index (χ3v) is 5.60.